The van der Waals surface area contributed by atoms with Crippen LogP contribution in [0.5, 0.6) is 11.5 Å². The molecule has 2 N–H and O–H groups in total. The minimum atomic E-state index is -2.24. The van der Waals surface area contributed by atoms with E-state index >= 15 is 0 Å². The predicted molar refractivity (Wildman–Crippen MR) is 193 cm³/mol. The number of carbonyl (C=O) groups is 4. The van der Waals surface area contributed by atoms with E-state index in [0.717, 1.165) is 86.7 Å². The Morgan fingerprint density at radius 2 is 1.06 bits per heavy atom. The molecule has 4 fully saturated rings. The first-order valence-electron chi connectivity index (χ1n) is 19.4. The Morgan fingerprint density at radius 1 is 0.654 bits per heavy atom. The maximum Gasteiger partial charge on any atom is 0.343 e. The van der Waals surface area contributed by atoms with Crippen LogP contribution in [0.2, 0.25) is 0 Å². The number of carbonyl (C=O) groups excluding carboxylic acids is 4. The lowest BCUT2D eigenvalue weighted by Gasteiger charge is -2.58. The molecule has 0 radical (unpaired) electrons. The second kappa shape index (κ2) is 13.1. The molecule has 6 aliphatic rings. The standard InChI is InChI=1S/C42H52N2O8/c1-23(45)25-17-31-27(21-33-29-9-5-7-11-41(29,31)13-15-43(33)3)35(19-25)51-39(49)37(47)38(48)40(50)52-36-20-26(24(2)46)18-32-28(36)22-34-30-10-6-8-12-42(30,32)14-16-44(34)4/h17-20,29-30,33-34,37-38,47-48H,5-16,21-22H2,1-4H3/t29-,30-,33+,34+,37?,38?,41+,42+/m0/s1. The SMILES string of the molecule is CC(=O)c1cc(OC(=O)C(O)C(O)C(=O)Oc2cc(C(C)=O)cc3c2C[C@@H]2[C@@H]4CCCC[C@]34CCN2C)c2c(c1)[C@@]13CCCC[C@H]1[C@@H](C2)N(C)CC3. The van der Waals surface area contributed by atoms with E-state index in [-0.39, 0.29) is 46.0 Å². The first kappa shape index (κ1) is 35.6. The van der Waals surface area contributed by atoms with E-state index in [1.807, 2.05) is 12.1 Å². The van der Waals surface area contributed by atoms with Crippen molar-refractivity contribution >= 4 is 23.5 Å². The number of fused-ring (bicyclic) bond motifs is 2. The fourth-order valence-electron chi connectivity index (χ4n) is 11.7. The molecule has 2 heterocycles. The van der Waals surface area contributed by atoms with Crippen LogP contribution in [0.4, 0.5) is 0 Å². The molecule has 10 nitrogen and oxygen atoms in total. The zero-order valence-corrected chi connectivity index (χ0v) is 30.9. The van der Waals surface area contributed by atoms with E-state index in [1.54, 1.807) is 12.1 Å². The van der Waals surface area contributed by atoms with Gasteiger partial charge < -0.3 is 29.5 Å². The van der Waals surface area contributed by atoms with Gasteiger partial charge in [-0.25, -0.2) is 9.59 Å². The third-order valence-corrected chi connectivity index (χ3v) is 14.4. The fraction of sp³-hybridized carbons (Fsp3) is 0.619. The zero-order chi connectivity index (χ0) is 36.7. The summed E-state index contributed by atoms with van der Waals surface area (Å²) in [5.74, 6) is -1.45. The van der Waals surface area contributed by atoms with Gasteiger partial charge >= 0.3 is 11.9 Å². The average Bonchev–Trinajstić information content (AvgIpc) is 3.13. The van der Waals surface area contributed by atoms with E-state index in [2.05, 4.69) is 23.9 Å². The van der Waals surface area contributed by atoms with Crippen molar-refractivity contribution in [3.8, 4) is 11.5 Å². The average molecular weight is 713 g/mol. The van der Waals surface area contributed by atoms with Crippen molar-refractivity contribution in [1.82, 2.24) is 9.80 Å². The minimum absolute atomic E-state index is 0.115. The summed E-state index contributed by atoms with van der Waals surface area (Å²) < 4.78 is 11.7. The highest BCUT2D eigenvalue weighted by atomic mass is 16.6. The molecule has 0 spiro atoms. The van der Waals surface area contributed by atoms with Crippen LogP contribution in [-0.2, 0) is 33.3 Å². The Hall–Kier alpha value is -3.44. The fourth-order valence-corrected chi connectivity index (χ4v) is 11.7. The number of hydrogen-bond acceptors (Lipinski definition) is 10. The first-order valence-corrected chi connectivity index (χ1v) is 19.4. The van der Waals surface area contributed by atoms with Crippen molar-refractivity contribution in [3.63, 3.8) is 0 Å². The summed E-state index contributed by atoms with van der Waals surface area (Å²) >= 11 is 0. The summed E-state index contributed by atoms with van der Waals surface area (Å²) in [6.07, 6.45) is 7.44. The number of aliphatic hydroxyl groups is 2. The Bertz CT molecular complexity index is 1710. The lowest BCUT2D eigenvalue weighted by molar-refractivity contribution is -0.162. The van der Waals surface area contributed by atoms with Gasteiger partial charge in [0, 0.05) is 45.2 Å². The number of benzene rings is 2. The summed E-state index contributed by atoms with van der Waals surface area (Å²) in [5, 5.41) is 22.2. The summed E-state index contributed by atoms with van der Waals surface area (Å²) in [7, 11) is 4.27. The molecule has 2 aliphatic heterocycles. The third-order valence-electron chi connectivity index (χ3n) is 14.4. The molecular formula is C42H52N2O8. The van der Waals surface area contributed by atoms with Crippen LogP contribution in [0.3, 0.4) is 0 Å². The summed E-state index contributed by atoms with van der Waals surface area (Å²) in [5.41, 5.74) is 4.43. The molecule has 8 atom stereocenters. The Kier molecular flexibility index (Phi) is 9.00. The van der Waals surface area contributed by atoms with Gasteiger partial charge in [0.05, 0.1) is 0 Å². The number of esters is 2. The van der Waals surface area contributed by atoms with Crippen LogP contribution >= 0.6 is 0 Å². The van der Waals surface area contributed by atoms with Gasteiger partial charge in [-0.2, -0.15) is 0 Å². The number of Topliss-reactive ketones (excluding diaryl/α,β-unsaturated/α-hetero) is 2. The van der Waals surface area contributed by atoms with Gasteiger partial charge in [0.15, 0.2) is 23.8 Å². The number of rotatable bonds is 7. The molecule has 0 aromatic heterocycles. The molecule has 2 saturated carbocycles. The van der Waals surface area contributed by atoms with Crippen molar-refractivity contribution < 1.29 is 38.9 Å². The van der Waals surface area contributed by atoms with Gasteiger partial charge in [0.1, 0.15) is 11.5 Å². The number of likely N-dealkylation sites (tertiary alicyclic amines) is 2. The van der Waals surface area contributed by atoms with Crippen LogP contribution in [0.1, 0.15) is 121 Å². The molecule has 0 amide bonds. The molecule has 2 saturated heterocycles. The molecular weight excluding hydrogens is 660 g/mol. The lowest BCUT2D eigenvalue weighted by atomic mass is 9.52. The number of nitrogens with zero attached hydrogens (tertiary/aromatic N) is 2. The predicted octanol–water partition coefficient (Wildman–Crippen LogP) is 4.70. The van der Waals surface area contributed by atoms with E-state index in [1.165, 1.54) is 26.7 Å². The normalized spacial score (nSPS) is 31.9. The van der Waals surface area contributed by atoms with Crippen molar-refractivity contribution in [2.45, 2.75) is 126 Å². The number of piperidine rings is 2. The topological polar surface area (TPSA) is 134 Å². The molecule has 4 bridgehead atoms. The van der Waals surface area contributed by atoms with E-state index < -0.39 is 24.1 Å². The van der Waals surface area contributed by atoms with Crippen LogP contribution in [0, 0.1) is 11.8 Å². The quantitative estimate of drug-likeness (QED) is 0.237. The maximum atomic E-state index is 13.6. The van der Waals surface area contributed by atoms with Gasteiger partial charge in [0.25, 0.3) is 0 Å². The van der Waals surface area contributed by atoms with Gasteiger partial charge in [-0.05, 0) is 140 Å². The van der Waals surface area contributed by atoms with Gasteiger partial charge in [-0.15, -0.1) is 0 Å². The summed E-state index contributed by atoms with van der Waals surface area (Å²) in [6.45, 7) is 4.86. The summed E-state index contributed by atoms with van der Waals surface area (Å²) in [4.78, 5) is 57.5. The van der Waals surface area contributed by atoms with E-state index in [4.69, 9.17) is 9.47 Å². The van der Waals surface area contributed by atoms with Crippen LogP contribution in [-0.4, -0.2) is 95.0 Å². The Morgan fingerprint density at radius 3 is 1.44 bits per heavy atom. The number of hydrogen-bond donors (Lipinski definition) is 2. The van der Waals surface area contributed by atoms with Gasteiger partial charge in [-0.1, -0.05) is 25.7 Å². The first-order chi connectivity index (χ1) is 24.8. The molecule has 8 rings (SSSR count). The van der Waals surface area contributed by atoms with Gasteiger partial charge in [-0.3, -0.25) is 9.59 Å². The molecule has 10 heteroatoms. The van der Waals surface area contributed by atoms with Crippen molar-refractivity contribution in [2.75, 3.05) is 27.2 Å². The Balaban J connectivity index is 1.08. The highest BCUT2D eigenvalue weighted by Gasteiger charge is 2.55. The summed E-state index contributed by atoms with van der Waals surface area (Å²) in [6, 6.07) is 7.58. The molecule has 2 aromatic carbocycles. The number of ether oxygens (including phenoxy) is 2. The minimum Gasteiger partial charge on any atom is -0.424 e. The number of aliphatic hydroxyl groups excluding tert-OH is 2. The Labute approximate surface area is 305 Å². The van der Waals surface area contributed by atoms with E-state index in [9.17, 15) is 29.4 Å². The highest BCUT2D eigenvalue weighted by Crippen LogP contribution is 2.58. The number of ketones is 2. The van der Waals surface area contributed by atoms with Crippen molar-refractivity contribution in [3.05, 3.63) is 57.6 Å². The molecule has 2 aromatic rings. The smallest absolute Gasteiger partial charge is 0.343 e. The van der Waals surface area contributed by atoms with E-state index in [0.29, 0.717) is 35.8 Å². The maximum absolute atomic E-state index is 13.6. The molecule has 4 aliphatic carbocycles. The number of likely N-dealkylation sites (N-methyl/N-ethyl adjacent to an activating group) is 2. The largest absolute Gasteiger partial charge is 0.424 e. The highest BCUT2D eigenvalue weighted by molar-refractivity contribution is 5.96. The molecule has 278 valence electrons. The molecule has 52 heavy (non-hydrogen) atoms. The van der Waals surface area contributed by atoms with Crippen molar-refractivity contribution in [2.24, 2.45) is 11.8 Å². The van der Waals surface area contributed by atoms with Crippen molar-refractivity contribution in [1.29, 1.82) is 0 Å². The second-order valence-electron chi connectivity index (χ2n) is 16.9. The lowest BCUT2D eigenvalue weighted by Crippen LogP contribution is -2.60. The van der Waals surface area contributed by atoms with Crippen LogP contribution in [0.15, 0.2) is 24.3 Å². The molecule has 2 unspecified atom stereocenters. The monoisotopic (exact) mass is 712 g/mol. The third kappa shape index (κ3) is 5.50. The van der Waals surface area contributed by atoms with Crippen LogP contribution in [0.25, 0.3) is 0 Å². The van der Waals surface area contributed by atoms with Gasteiger partial charge in [0.2, 0.25) is 0 Å². The second-order valence-corrected chi connectivity index (χ2v) is 16.9. The van der Waals surface area contributed by atoms with Crippen LogP contribution < -0.4 is 9.47 Å². The zero-order valence-electron chi connectivity index (χ0n) is 30.9.